The van der Waals surface area contributed by atoms with E-state index >= 15 is 0 Å². The third-order valence-corrected chi connectivity index (χ3v) is 2.09. The molecule has 0 aliphatic heterocycles. The number of aliphatic hydroxyl groups is 1. The molecule has 0 saturated heterocycles. The molecule has 0 heterocycles. The normalized spacial score (nSPS) is 15.9. The summed E-state index contributed by atoms with van der Waals surface area (Å²) in [4.78, 5) is 0. The molecule has 1 nitrogen and oxygen atoms in total. The van der Waals surface area contributed by atoms with Gasteiger partial charge in [0.2, 0.25) is 0 Å². The van der Waals surface area contributed by atoms with Crippen LogP contribution in [0.15, 0.2) is 12.7 Å². The Balaban J connectivity index is 3.35. The zero-order valence-electron chi connectivity index (χ0n) is 7.71. The first-order valence-corrected chi connectivity index (χ1v) is 4.53. The molecule has 0 aliphatic rings. The SMILES string of the molecule is C=C[C@@H](O)[C@H](C)CCCCC. The summed E-state index contributed by atoms with van der Waals surface area (Å²) in [7, 11) is 0. The first kappa shape index (κ1) is 10.7. The molecule has 11 heavy (non-hydrogen) atoms. The van der Waals surface area contributed by atoms with Gasteiger partial charge in [0.25, 0.3) is 0 Å². The van der Waals surface area contributed by atoms with Crippen LogP contribution < -0.4 is 0 Å². The maximum Gasteiger partial charge on any atom is 0.0743 e. The highest BCUT2D eigenvalue weighted by Crippen LogP contribution is 2.13. The first-order chi connectivity index (χ1) is 5.22. The van der Waals surface area contributed by atoms with Gasteiger partial charge in [-0.25, -0.2) is 0 Å². The summed E-state index contributed by atoms with van der Waals surface area (Å²) in [5, 5.41) is 9.31. The van der Waals surface area contributed by atoms with Crippen molar-refractivity contribution in [3.05, 3.63) is 12.7 Å². The van der Waals surface area contributed by atoms with E-state index in [0.29, 0.717) is 5.92 Å². The molecule has 1 heteroatoms. The fraction of sp³-hybridized carbons (Fsp3) is 0.800. The predicted molar refractivity (Wildman–Crippen MR) is 49.5 cm³/mol. The van der Waals surface area contributed by atoms with Crippen LogP contribution in [-0.4, -0.2) is 11.2 Å². The lowest BCUT2D eigenvalue weighted by atomic mass is 9.98. The minimum Gasteiger partial charge on any atom is -0.389 e. The molecule has 0 bridgehead atoms. The van der Waals surface area contributed by atoms with Gasteiger partial charge in [0.05, 0.1) is 6.10 Å². The number of aliphatic hydroxyl groups excluding tert-OH is 1. The van der Waals surface area contributed by atoms with Crippen molar-refractivity contribution in [1.82, 2.24) is 0 Å². The van der Waals surface area contributed by atoms with E-state index in [4.69, 9.17) is 0 Å². The van der Waals surface area contributed by atoms with Crippen molar-refractivity contribution in [1.29, 1.82) is 0 Å². The van der Waals surface area contributed by atoms with Crippen molar-refractivity contribution in [2.75, 3.05) is 0 Å². The number of hydrogen-bond donors (Lipinski definition) is 1. The molecule has 0 aliphatic carbocycles. The van der Waals surface area contributed by atoms with Crippen LogP contribution in [0, 0.1) is 5.92 Å². The standard InChI is InChI=1S/C10H20O/c1-4-6-7-8-9(3)10(11)5-2/h5,9-11H,2,4,6-8H2,1,3H3/t9-,10-/m1/s1. The van der Waals surface area contributed by atoms with Gasteiger partial charge in [-0.05, 0) is 12.3 Å². The maximum atomic E-state index is 9.31. The van der Waals surface area contributed by atoms with Gasteiger partial charge in [-0.2, -0.15) is 0 Å². The van der Waals surface area contributed by atoms with Crippen molar-refractivity contribution in [3.8, 4) is 0 Å². The third-order valence-electron chi connectivity index (χ3n) is 2.09. The summed E-state index contributed by atoms with van der Waals surface area (Å²) in [6, 6.07) is 0. The smallest absolute Gasteiger partial charge is 0.0743 e. The Morgan fingerprint density at radius 1 is 1.45 bits per heavy atom. The molecule has 2 atom stereocenters. The molecule has 0 amide bonds. The average molecular weight is 156 g/mol. The van der Waals surface area contributed by atoms with E-state index < -0.39 is 0 Å². The molecule has 0 radical (unpaired) electrons. The summed E-state index contributed by atoms with van der Waals surface area (Å²) >= 11 is 0. The Morgan fingerprint density at radius 3 is 2.55 bits per heavy atom. The molecule has 0 spiro atoms. The highest BCUT2D eigenvalue weighted by molar-refractivity contribution is 4.81. The van der Waals surface area contributed by atoms with Crippen LogP contribution in [-0.2, 0) is 0 Å². The Kier molecular flexibility index (Phi) is 6.24. The highest BCUT2D eigenvalue weighted by atomic mass is 16.3. The number of unbranched alkanes of at least 4 members (excludes halogenated alkanes) is 2. The van der Waals surface area contributed by atoms with Gasteiger partial charge in [-0.15, -0.1) is 6.58 Å². The van der Waals surface area contributed by atoms with E-state index in [0.717, 1.165) is 6.42 Å². The van der Waals surface area contributed by atoms with Crippen LogP contribution in [0.1, 0.15) is 39.5 Å². The maximum absolute atomic E-state index is 9.31. The zero-order chi connectivity index (χ0) is 8.69. The molecule has 0 fully saturated rings. The van der Waals surface area contributed by atoms with Crippen LogP contribution in [0.3, 0.4) is 0 Å². The van der Waals surface area contributed by atoms with Crippen molar-refractivity contribution >= 4 is 0 Å². The van der Waals surface area contributed by atoms with Gasteiger partial charge < -0.3 is 5.11 Å². The molecule has 0 saturated carbocycles. The minimum atomic E-state index is -0.313. The lowest BCUT2D eigenvalue weighted by Crippen LogP contribution is -2.13. The van der Waals surface area contributed by atoms with Crippen LogP contribution in [0.2, 0.25) is 0 Å². The van der Waals surface area contributed by atoms with Crippen LogP contribution in [0.25, 0.3) is 0 Å². The zero-order valence-corrected chi connectivity index (χ0v) is 7.71. The second-order valence-corrected chi connectivity index (χ2v) is 3.20. The summed E-state index contributed by atoms with van der Waals surface area (Å²) < 4.78 is 0. The van der Waals surface area contributed by atoms with E-state index in [-0.39, 0.29) is 6.10 Å². The topological polar surface area (TPSA) is 20.2 Å². The highest BCUT2D eigenvalue weighted by Gasteiger charge is 2.08. The van der Waals surface area contributed by atoms with Crippen LogP contribution >= 0.6 is 0 Å². The minimum absolute atomic E-state index is 0.313. The van der Waals surface area contributed by atoms with E-state index in [2.05, 4.69) is 20.4 Å². The van der Waals surface area contributed by atoms with Crippen molar-refractivity contribution in [2.24, 2.45) is 5.92 Å². The van der Waals surface area contributed by atoms with E-state index in [1.807, 2.05) is 0 Å². The Hall–Kier alpha value is -0.300. The molecule has 66 valence electrons. The summed E-state index contributed by atoms with van der Waals surface area (Å²) in [5.74, 6) is 0.374. The Bertz CT molecular complexity index is 99.0. The van der Waals surface area contributed by atoms with Gasteiger partial charge in [0, 0.05) is 0 Å². The quantitative estimate of drug-likeness (QED) is 0.463. The lowest BCUT2D eigenvalue weighted by Gasteiger charge is -2.14. The van der Waals surface area contributed by atoms with E-state index in [1.165, 1.54) is 19.3 Å². The number of rotatable bonds is 6. The molecule has 0 aromatic rings. The fourth-order valence-electron chi connectivity index (χ4n) is 1.12. The average Bonchev–Trinajstić information content (AvgIpc) is 2.03. The van der Waals surface area contributed by atoms with Crippen molar-refractivity contribution in [2.45, 2.75) is 45.6 Å². The molecule has 0 aromatic heterocycles. The molecule has 1 N–H and O–H groups in total. The third kappa shape index (κ3) is 5.02. The summed E-state index contributed by atoms with van der Waals surface area (Å²) in [5.41, 5.74) is 0. The first-order valence-electron chi connectivity index (χ1n) is 4.53. The second kappa shape index (κ2) is 6.41. The largest absolute Gasteiger partial charge is 0.389 e. The van der Waals surface area contributed by atoms with Gasteiger partial charge >= 0.3 is 0 Å². The van der Waals surface area contributed by atoms with E-state index in [9.17, 15) is 5.11 Å². The van der Waals surface area contributed by atoms with Crippen LogP contribution in [0.5, 0.6) is 0 Å². The van der Waals surface area contributed by atoms with Gasteiger partial charge in [0.15, 0.2) is 0 Å². The molecule has 0 unspecified atom stereocenters. The molecular weight excluding hydrogens is 136 g/mol. The van der Waals surface area contributed by atoms with Crippen LogP contribution in [0.4, 0.5) is 0 Å². The monoisotopic (exact) mass is 156 g/mol. The molecule has 0 rings (SSSR count). The fourth-order valence-corrected chi connectivity index (χ4v) is 1.12. The van der Waals surface area contributed by atoms with Crippen molar-refractivity contribution < 1.29 is 5.11 Å². The molecule has 0 aromatic carbocycles. The van der Waals surface area contributed by atoms with Gasteiger partial charge in [-0.3, -0.25) is 0 Å². The van der Waals surface area contributed by atoms with Gasteiger partial charge in [-0.1, -0.05) is 39.2 Å². The summed E-state index contributed by atoms with van der Waals surface area (Å²) in [6.07, 6.45) is 6.16. The number of hydrogen-bond acceptors (Lipinski definition) is 1. The summed E-state index contributed by atoms with van der Waals surface area (Å²) in [6.45, 7) is 7.82. The second-order valence-electron chi connectivity index (χ2n) is 3.20. The predicted octanol–water partition coefficient (Wildman–Crippen LogP) is 2.75. The van der Waals surface area contributed by atoms with E-state index in [1.54, 1.807) is 6.08 Å². The lowest BCUT2D eigenvalue weighted by molar-refractivity contribution is 0.155. The Morgan fingerprint density at radius 2 is 2.09 bits per heavy atom. The molecular formula is C10H20O. The van der Waals surface area contributed by atoms with Crippen molar-refractivity contribution in [3.63, 3.8) is 0 Å². The Labute approximate surface area is 70.1 Å². The van der Waals surface area contributed by atoms with Gasteiger partial charge in [0.1, 0.15) is 0 Å².